The standard InChI is InChI=1S/C36H60N10O11/c37-15-3-1-8-22(39)34(54)45-18-6-10-25(45)31(51)40-20-28(47)42-23(13-14-30(49)50)35(55)46-19-7-11-26(46)32(52)41-21-29(48)44-17-5-12-27(44)33(53)43-24(36(56)57)9-2-4-16-38/h22-27H,1-21,37-39H2,(H,40,51)(H,41,52)(H,42,47)(H,43,53)(H,49,50)(H,56,57). The number of likely N-dealkylation sites (tertiary alicyclic amines) is 3. The first-order chi connectivity index (χ1) is 27.2. The second kappa shape index (κ2) is 23.4. The predicted molar refractivity (Wildman–Crippen MR) is 202 cm³/mol. The molecule has 6 unspecified atom stereocenters. The number of nitrogens with one attached hydrogen (secondary N) is 4. The molecule has 6 atom stereocenters. The van der Waals surface area contributed by atoms with E-state index in [9.17, 15) is 53.4 Å². The van der Waals surface area contributed by atoms with Crippen molar-refractivity contribution in [3.05, 3.63) is 0 Å². The smallest absolute Gasteiger partial charge is 0.326 e. The number of amides is 7. The number of hydrogen-bond acceptors (Lipinski definition) is 12. The average Bonchev–Trinajstić information content (AvgIpc) is 3.98. The SMILES string of the molecule is NCCCCC(N)C(=O)N1CCCC1C(=O)NCC(=O)NC(CCC(=O)O)C(=O)N1CCCC1C(=O)NCC(=O)N1CCCC1C(=O)NC(CCCCN)C(=O)O. The van der Waals surface area contributed by atoms with E-state index in [-0.39, 0.29) is 38.3 Å². The molecule has 0 aromatic heterocycles. The Bertz CT molecular complexity index is 1470. The number of hydrogen-bond donors (Lipinski definition) is 9. The molecule has 0 saturated carbocycles. The summed E-state index contributed by atoms with van der Waals surface area (Å²) < 4.78 is 0. The van der Waals surface area contributed by atoms with Gasteiger partial charge in [0.2, 0.25) is 41.4 Å². The van der Waals surface area contributed by atoms with Crippen LogP contribution in [0.2, 0.25) is 0 Å². The molecule has 0 spiro atoms. The minimum atomic E-state index is -1.36. The highest BCUT2D eigenvalue weighted by molar-refractivity contribution is 5.96. The number of nitrogens with two attached hydrogens (primary N) is 3. The number of unbranched alkanes of at least 4 members (excludes halogenated alkanes) is 2. The monoisotopic (exact) mass is 808 g/mol. The number of rotatable bonds is 23. The van der Waals surface area contributed by atoms with Crippen LogP contribution in [0.25, 0.3) is 0 Å². The summed E-state index contributed by atoms with van der Waals surface area (Å²) in [6, 6.07) is -6.08. The zero-order valence-corrected chi connectivity index (χ0v) is 32.5. The first-order valence-corrected chi connectivity index (χ1v) is 19.9. The average molecular weight is 809 g/mol. The van der Waals surface area contributed by atoms with E-state index in [0.717, 1.165) is 0 Å². The number of carboxylic acid groups (broad SMARTS) is 2. The molecule has 3 saturated heterocycles. The van der Waals surface area contributed by atoms with Gasteiger partial charge in [-0.3, -0.25) is 38.4 Å². The molecule has 3 heterocycles. The molecule has 0 radical (unpaired) electrons. The molecular weight excluding hydrogens is 748 g/mol. The van der Waals surface area contributed by atoms with Crippen LogP contribution < -0.4 is 38.5 Å². The van der Waals surface area contributed by atoms with Gasteiger partial charge >= 0.3 is 11.9 Å². The van der Waals surface area contributed by atoms with Gasteiger partial charge in [0.05, 0.1) is 19.1 Å². The number of nitrogens with zero attached hydrogens (tertiary/aromatic N) is 3. The minimum Gasteiger partial charge on any atom is -0.481 e. The van der Waals surface area contributed by atoms with E-state index in [4.69, 9.17) is 17.2 Å². The molecule has 12 N–H and O–H groups in total. The van der Waals surface area contributed by atoms with Crippen LogP contribution in [0.3, 0.4) is 0 Å². The van der Waals surface area contributed by atoms with E-state index in [1.54, 1.807) is 0 Å². The fourth-order valence-electron chi connectivity index (χ4n) is 7.45. The fraction of sp³-hybridized carbons (Fsp3) is 0.750. The van der Waals surface area contributed by atoms with Gasteiger partial charge in [-0.25, -0.2) is 4.79 Å². The Kier molecular flexibility index (Phi) is 19.1. The summed E-state index contributed by atoms with van der Waals surface area (Å²) >= 11 is 0. The Labute approximate surface area is 331 Å². The number of carbonyl (C=O) groups excluding carboxylic acids is 7. The third-order valence-corrected chi connectivity index (χ3v) is 10.5. The summed E-state index contributed by atoms with van der Waals surface area (Å²) in [5.74, 6) is -6.73. The molecule has 57 heavy (non-hydrogen) atoms. The van der Waals surface area contributed by atoms with Crippen molar-refractivity contribution in [3.63, 3.8) is 0 Å². The van der Waals surface area contributed by atoms with Crippen LogP contribution in [0.15, 0.2) is 0 Å². The van der Waals surface area contributed by atoms with Crippen LogP contribution in [-0.4, -0.2) is 160 Å². The molecule has 3 rings (SSSR count). The topological polar surface area (TPSA) is 330 Å². The van der Waals surface area contributed by atoms with Gasteiger partial charge < -0.3 is 63.4 Å². The second-order valence-corrected chi connectivity index (χ2v) is 14.7. The van der Waals surface area contributed by atoms with Crippen molar-refractivity contribution < 1.29 is 53.4 Å². The number of aliphatic carboxylic acids is 2. The lowest BCUT2D eigenvalue weighted by Crippen LogP contribution is -2.56. The first-order valence-electron chi connectivity index (χ1n) is 19.9. The summed E-state index contributed by atoms with van der Waals surface area (Å²) in [4.78, 5) is 119. The van der Waals surface area contributed by atoms with Gasteiger partial charge in [0.15, 0.2) is 0 Å². The Morgan fingerprint density at radius 1 is 0.596 bits per heavy atom. The Hall–Kier alpha value is -4.89. The summed E-state index contributed by atoms with van der Waals surface area (Å²) in [6.07, 6.45) is 4.63. The third-order valence-electron chi connectivity index (χ3n) is 10.5. The van der Waals surface area contributed by atoms with Gasteiger partial charge in [-0.15, -0.1) is 0 Å². The molecule has 0 bridgehead atoms. The maximum absolute atomic E-state index is 13.7. The van der Waals surface area contributed by atoms with Crippen LogP contribution >= 0.6 is 0 Å². The molecular formula is C36H60N10O11. The van der Waals surface area contributed by atoms with E-state index < -0.39 is 103 Å². The van der Waals surface area contributed by atoms with Crippen molar-refractivity contribution in [2.75, 3.05) is 45.8 Å². The van der Waals surface area contributed by atoms with Gasteiger partial charge in [0.25, 0.3) is 0 Å². The van der Waals surface area contributed by atoms with Crippen LogP contribution in [-0.2, 0) is 43.2 Å². The van der Waals surface area contributed by atoms with E-state index in [2.05, 4.69) is 21.3 Å². The molecule has 21 heteroatoms. The molecule has 0 aromatic rings. The molecule has 3 aliphatic heterocycles. The highest BCUT2D eigenvalue weighted by atomic mass is 16.4. The van der Waals surface area contributed by atoms with Gasteiger partial charge in [-0.05, 0) is 90.1 Å². The van der Waals surface area contributed by atoms with Crippen LogP contribution in [0.5, 0.6) is 0 Å². The van der Waals surface area contributed by atoms with E-state index in [1.165, 1.54) is 14.7 Å². The quantitative estimate of drug-likeness (QED) is 0.0457. The number of carboxylic acids is 2. The molecule has 0 aromatic carbocycles. The van der Waals surface area contributed by atoms with Crippen molar-refractivity contribution in [3.8, 4) is 0 Å². The van der Waals surface area contributed by atoms with E-state index in [0.29, 0.717) is 83.8 Å². The zero-order valence-electron chi connectivity index (χ0n) is 32.5. The first kappa shape index (κ1) is 46.5. The molecule has 3 aliphatic rings. The van der Waals surface area contributed by atoms with E-state index >= 15 is 0 Å². The minimum absolute atomic E-state index is 0.116. The van der Waals surface area contributed by atoms with Gasteiger partial charge in [-0.1, -0.05) is 6.42 Å². The Morgan fingerprint density at radius 2 is 1.11 bits per heavy atom. The summed E-state index contributed by atoms with van der Waals surface area (Å²) in [7, 11) is 0. The van der Waals surface area contributed by atoms with Gasteiger partial charge in [0.1, 0.15) is 30.2 Å². The lowest BCUT2D eigenvalue weighted by molar-refractivity contribution is -0.144. The van der Waals surface area contributed by atoms with Crippen LogP contribution in [0.1, 0.15) is 89.9 Å². The second-order valence-electron chi connectivity index (χ2n) is 14.7. The summed E-state index contributed by atoms with van der Waals surface area (Å²) in [5, 5.41) is 28.9. The normalized spacial score (nSPS) is 20.7. The molecule has 0 aliphatic carbocycles. The van der Waals surface area contributed by atoms with Gasteiger partial charge in [-0.2, -0.15) is 0 Å². The van der Waals surface area contributed by atoms with Crippen molar-refractivity contribution in [1.82, 2.24) is 36.0 Å². The third kappa shape index (κ3) is 13.9. The largest absolute Gasteiger partial charge is 0.481 e. The van der Waals surface area contributed by atoms with Crippen molar-refractivity contribution in [2.24, 2.45) is 17.2 Å². The lowest BCUT2D eigenvalue weighted by atomic mass is 10.1. The molecule has 320 valence electrons. The van der Waals surface area contributed by atoms with Crippen molar-refractivity contribution >= 4 is 53.3 Å². The molecule has 21 nitrogen and oxygen atoms in total. The van der Waals surface area contributed by atoms with E-state index in [1.807, 2.05) is 0 Å². The Balaban J connectivity index is 1.56. The number of carbonyl (C=O) groups is 9. The highest BCUT2D eigenvalue weighted by Crippen LogP contribution is 2.22. The van der Waals surface area contributed by atoms with Crippen LogP contribution in [0.4, 0.5) is 0 Å². The maximum atomic E-state index is 13.7. The molecule has 7 amide bonds. The highest BCUT2D eigenvalue weighted by Gasteiger charge is 2.40. The van der Waals surface area contributed by atoms with Gasteiger partial charge in [0, 0.05) is 26.1 Å². The maximum Gasteiger partial charge on any atom is 0.326 e. The summed E-state index contributed by atoms with van der Waals surface area (Å²) in [6.45, 7) is 0.457. The zero-order chi connectivity index (χ0) is 42.1. The van der Waals surface area contributed by atoms with Crippen molar-refractivity contribution in [2.45, 2.75) is 126 Å². The summed E-state index contributed by atoms with van der Waals surface area (Å²) in [5.41, 5.74) is 17.1. The van der Waals surface area contributed by atoms with Crippen LogP contribution in [0, 0.1) is 0 Å². The van der Waals surface area contributed by atoms with Crippen molar-refractivity contribution in [1.29, 1.82) is 0 Å². The fourth-order valence-corrected chi connectivity index (χ4v) is 7.45. The Morgan fingerprint density at radius 3 is 1.65 bits per heavy atom. The lowest BCUT2D eigenvalue weighted by Gasteiger charge is -2.29. The molecule has 3 fully saturated rings. The predicted octanol–water partition coefficient (Wildman–Crippen LogP) is -3.30.